The first-order valence-corrected chi connectivity index (χ1v) is 13.0. The Balaban J connectivity index is 1.29. The predicted molar refractivity (Wildman–Crippen MR) is 146 cm³/mol. The molecule has 11 nitrogen and oxygen atoms in total. The number of nitrogens with two attached hydrogens (primary N) is 1. The van der Waals surface area contributed by atoms with Gasteiger partial charge in [-0.15, -0.1) is 0 Å². The average Bonchev–Trinajstić information content (AvgIpc) is 2.98. The van der Waals surface area contributed by atoms with Crippen molar-refractivity contribution in [1.29, 1.82) is 0 Å². The number of hydrogen-bond acceptors (Lipinski definition) is 8. The highest BCUT2D eigenvalue weighted by Crippen LogP contribution is 2.24. The van der Waals surface area contributed by atoms with E-state index in [1.165, 1.54) is 6.20 Å². The van der Waals surface area contributed by atoms with E-state index < -0.39 is 5.91 Å². The lowest BCUT2D eigenvalue weighted by molar-refractivity contribution is 0.0303. The number of hydrogen-bond donors (Lipinski definition) is 3. The number of rotatable bonds is 7. The summed E-state index contributed by atoms with van der Waals surface area (Å²) in [5.41, 5.74) is 7.40. The van der Waals surface area contributed by atoms with Crippen LogP contribution in [0.3, 0.4) is 0 Å². The van der Waals surface area contributed by atoms with Crippen LogP contribution in [-0.4, -0.2) is 78.0 Å². The van der Waals surface area contributed by atoms with Crippen molar-refractivity contribution >= 4 is 35.0 Å². The molecule has 3 amide bonds. The fourth-order valence-corrected chi connectivity index (χ4v) is 4.74. The van der Waals surface area contributed by atoms with Gasteiger partial charge in [0.25, 0.3) is 17.7 Å². The fourth-order valence-electron chi connectivity index (χ4n) is 4.74. The molecule has 0 radical (unpaired) electrons. The second kappa shape index (κ2) is 11.9. The molecule has 3 heterocycles. The van der Waals surface area contributed by atoms with Gasteiger partial charge in [-0.2, -0.15) is 0 Å². The van der Waals surface area contributed by atoms with Gasteiger partial charge in [-0.1, -0.05) is 18.2 Å². The highest BCUT2D eigenvalue weighted by atomic mass is 16.5. The van der Waals surface area contributed by atoms with E-state index in [2.05, 4.69) is 20.6 Å². The van der Waals surface area contributed by atoms with E-state index in [1.54, 1.807) is 41.3 Å². The molecule has 2 saturated heterocycles. The van der Waals surface area contributed by atoms with Crippen LogP contribution in [0.25, 0.3) is 0 Å². The second-order valence-corrected chi connectivity index (χ2v) is 9.52. The van der Waals surface area contributed by atoms with E-state index in [4.69, 9.17) is 10.5 Å². The van der Waals surface area contributed by atoms with Crippen molar-refractivity contribution in [1.82, 2.24) is 20.2 Å². The smallest absolute Gasteiger partial charge is 0.271 e. The third kappa shape index (κ3) is 6.32. The summed E-state index contributed by atoms with van der Waals surface area (Å²) < 4.78 is 5.32. The first kappa shape index (κ1) is 26.1. The van der Waals surface area contributed by atoms with Crippen molar-refractivity contribution in [3.63, 3.8) is 0 Å². The van der Waals surface area contributed by atoms with Crippen LogP contribution in [-0.2, 0) is 4.74 Å². The van der Waals surface area contributed by atoms with Crippen LogP contribution in [0.4, 0.5) is 17.3 Å². The molecule has 0 spiro atoms. The Morgan fingerprint density at radius 1 is 0.949 bits per heavy atom. The first-order chi connectivity index (χ1) is 19.0. The van der Waals surface area contributed by atoms with Gasteiger partial charge in [0.1, 0.15) is 5.82 Å². The lowest BCUT2D eigenvalue weighted by atomic mass is 10.0. The van der Waals surface area contributed by atoms with Crippen LogP contribution in [0.15, 0.2) is 60.8 Å². The third-order valence-electron chi connectivity index (χ3n) is 6.80. The summed E-state index contributed by atoms with van der Waals surface area (Å²) in [5.74, 6) is -0.0794. The predicted octanol–water partition coefficient (Wildman–Crippen LogP) is 2.19. The molecule has 39 heavy (non-hydrogen) atoms. The molecule has 0 saturated carbocycles. The Bertz CT molecular complexity index is 1330. The van der Waals surface area contributed by atoms with Gasteiger partial charge in [0, 0.05) is 49.0 Å². The maximum absolute atomic E-state index is 12.7. The van der Waals surface area contributed by atoms with Crippen molar-refractivity contribution in [2.45, 2.75) is 18.9 Å². The van der Waals surface area contributed by atoms with Crippen LogP contribution >= 0.6 is 0 Å². The maximum Gasteiger partial charge on any atom is 0.271 e. The van der Waals surface area contributed by atoms with Crippen LogP contribution in [0.5, 0.6) is 0 Å². The minimum atomic E-state index is -0.706. The molecule has 5 rings (SSSR count). The summed E-state index contributed by atoms with van der Waals surface area (Å²) in [6, 6.07) is 16.0. The number of piperidine rings is 1. The van der Waals surface area contributed by atoms with Gasteiger partial charge < -0.3 is 30.9 Å². The molecule has 3 aromatic rings. The first-order valence-electron chi connectivity index (χ1n) is 13.0. The number of carbonyl (C=O) groups is 3. The summed E-state index contributed by atoms with van der Waals surface area (Å²) in [6.07, 6.45) is 3.24. The van der Waals surface area contributed by atoms with Gasteiger partial charge >= 0.3 is 0 Å². The standard InChI is InChI=1S/C28H31N7O4/c29-25(36)24-26(31-21-10-8-20(9-11-21)28(38)34-13-15-39-16-14-34)33-23(17-30-24)35-12-4-7-22(18-35)32-27(37)19-5-2-1-3-6-19/h1-3,5-6,8-11,17,22H,4,7,12-16,18H2,(H2,29,36)(H,31,33)(H,32,37)/t22-/m1/s1. The van der Waals surface area contributed by atoms with E-state index in [9.17, 15) is 14.4 Å². The van der Waals surface area contributed by atoms with Crippen LogP contribution in [0, 0.1) is 0 Å². The molecule has 2 aromatic carbocycles. The number of anilines is 3. The molecular weight excluding hydrogens is 498 g/mol. The lowest BCUT2D eigenvalue weighted by Crippen LogP contribution is -2.48. The van der Waals surface area contributed by atoms with Crippen LogP contribution in [0.2, 0.25) is 0 Å². The Morgan fingerprint density at radius 2 is 1.69 bits per heavy atom. The van der Waals surface area contributed by atoms with Gasteiger partial charge in [0.2, 0.25) is 0 Å². The van der Waals surface area contributed by atoms with Crippen molar-refractivity contribution < 1.29 is 19.1 Å². The quantitative estimate of drug-likeness (QED) is 0.423. The average molecular weight is 530 g/mol. The number of aromatic nitrogens is 2. The molecule has 1 atom stereocenters. The molecule has 4 N–H and O–H groups in total. The van der Waals surface area contributed by atoms with Gasteiger partial charge in [-0.3, -0.25) is 14.4 Å². The highest BCUT2D eigenvalue weighted by Gasteiger charge is 2.25. The van der Waals surface area contributed by atoms with E-state index in [1.807, 2.05) is 23.1 Å². The van der Waals surface area contributed by atoms with E-state index >= 15 is 0 Å². The molecule has 2 fully saturated rings. The Morgan fingerprint density at radius 3 is 2.41 bits per heavy atom. The Hall–Kier alpha value is -4.51. The zero-order valence-corrected chi connectivity index (χ0v) is 21.5. The number of primary amides is 1. The lowest BCUT2D eigenvalue weighted by Gasteiger charge is -2.34. The minimum absolute atomic E-state index is 0.0122. The molecule has 1 aromatic heterocycles. The van der Waals surface area contributed by atoms with Crippen molar-refractivity contribution in [2.75, 3.05) is 49.6 Å². The number of benzene rings is 2. The second-order valence-electron chi connectivity index (χ2n) is 9.52. The van der Waals surface area contributed by atoms with Crippen LogP contribution < -0.4 is 21.3 Å². The molecular formula is C28H31N7O4. The Labute approximate surface area is 226 Å². The monoisotopic (exact) mass is 529 g/mol. The molecule has 0 bridgehead atoms. The largest absolute Gasteiger partial charge is 0.378 e. The number of nitrogens with one attached hydrogen (secondary N) is 2. The number of ether oxygens (including phenoxy) is 1. The van der Waals surface area contributed by atoms with Gasteiger partial charge in [0.05, 0.1) is 19.4 Å². The third-order valence-corrected chi connectivity index (χ3v) is 6.80. The van der Waals surface area contributed by atoms with Crippen molar-refractivity contribution in [2.24, 2.45) is 5.73 Å². The number of nitrogens with zero attached hydrogens (tertiary/aromatic N) is 4. The molecule has 2 aliphatic heterocycles. The van der Waals surface area contributed by atoms with Gasteiger partial charge in [-0.25, -0.2) is 9.97 Å². The molecule has 2 aliphatic rings. The van der Waals surface area contributed by atoms with E-state index in [0.717, 1.165) is 19.4 Å². The Kier molecular flexibility index (Phi) is 7.97. The summed E-state index contributed by atoms with van der Waals surface area (Å²) in [4.78, 5) is 50.2. The summed E-state index contributed by atoms with van der Waals surface area (Å²) >= 11 is 0. The number of amides is 3. The topological polar surface area (TPSA) is 143 Å². The van der Waals surface area contributed by atoms with E-state index in [0.29, 0.717) is 55.5 Å². The van der Waals surface area contributed by atoms with Crippen molar-refractivity contribution in [3.8, 4) is 0 Å². The van der Waals surface area contributed by atoms with Crippen LogP contribution in [0.1, 0.15) is 44.0 Å². The maximum atomic E-state index is 12.7. The van der Waals surface area contributed by atoms with Gasteiger partial charge in [-0.05, 0) is 49.2 Å². The fraction of sp³-hybridized carbons (Fsp3) is 0.321. The number of morpholine rings is 1. The zero-order chi connectivity index (χ0) is 27.2. The molecule has 0 aliphatic carbocycles. The summed E-state index contributed by atoms with van der Waals surface area (Å²) in [6.45, 7) is 3.49. The normalized spacial score (nSPS) is 17.4. The zero-order valence-electron chi connectivity index (χ0n) is 21.5. The molecule has 0 unspecified atom stereocenters. The van der Waals surface area contributed by atoms with Gasteiger partial charge in [0.15, 0.2) is 11.5 Å². The molecule has 11 heteroatoms. The number of carbonyl (C=O) groups excluding carboxylic acids is 3. The summed E-state index contributed by atoms with van der Waals surface area (Å²) in [7, 11) is 0. The SMILES string of the molecule is NC(=O)c1ncc(N2CCC[C@@H](NC(=O)c3ccccc3)C2)nc1Nc1ccc(C(=O)N2CCOCC2)cc1. The summed E-state index contributed by atoms with van der Waals surface area (Å²) in [5, 5.41) is 6.23. The van der Waals surface area contributed by atoms with Crippen molar-refractivity contribution in [3.05, 3.63) is 77.6 Å². The molecule has 202 valence electrons. The minimum Gasteiger partial charge on any atom is -0.378 e. The van der Waals surface area contributed by atoms with E-state index in [-0.39, 0.29) is 29.4 Å². The highest BCUT2D eigenvalue weighted by molar-refractivity contribution is 5.97.